The van der Waals surface area contributed by atoms with E-state index in [1.165, 1.54) is 12.8 Å². The van der Waals surface area contributed by atoms with Crippen LogP contribution in [0, 0.1) is 5.92 Å². The molecule has 1 aromatic heterocycles. The van der Waals surface area contributed by atoms with E-state index >= 15 is 0 Å². The zero-order chi connectivity index (χ0) is 19.9. The van der Waals surface area contributed by atoms with Crippen LogP contribution in [0.5, 0.6) is 0 Å². The number of hydrogen-bond donors (Lipinski definition) is 1. The average molecular weight is 390 g/mol. The molecule has 2 heterocycles. The Morgan fingerprint density at radius 3 is 2.68 bits per heavy atom. The van der Waals surface area contributed by atoms with Gasteiger partial charge in [-0.25, -0.2) is 4.98 Å². The van der Waals surface area contributed by atoms with Crippen molar-refractivity contribution in [1.29, 1.82) is 0 Å². The molecule has 1 N–H and O–H groups in total. The van der Waals surface area contributed by atoms with Gasteiger partial charge in [-0.2, -0.15) is 0 Å². The van der Waals surface area contributed by atoms with Gasteiger partial charge in [-0.1, -0.05) is 6.07 Å². The van der Waals surface area contributed by atoms with E-state index < -0.39 is 0 Å². The molecule has 2 aliphatic rings. The number of nitrogens with one attached hydrogen (secondary N) is 1. The Morgan fingerprint density at radius 1 is 1.32 bits per heavy atom. The maximum atomic E-state index is 5.80. The van der Waals surface area contributed by atoms with Gasteiger partial charge in [-0.05, 0) is 44.2 Å². The van der Waals surface area contributed by atoms with E-state index in [1.807, 2.05) is 20.3 Å². The molecule has 28 heavy (non-hydrogen) atoms. The second-order valence-corrected chi connectivity index (χ2v) is 8.03. The zero-order valence-corrected chi connectivity index (χ0v) is 17.7. The third-order valence-electron chi connectivity index (χ3n) is 5.20. The number of anilines is 1. The smallest absolute Gasteiger partial charge is 0.193 e. The Labute approximate surface area is 169 Å². The first-order valence-electron chi connectivity index (χ1n) is 10.4. The molecule has 0 radical (unpaired) electrons. The van der Waals surface area contributed by atoms with Crippen LogP contribution in [-0.4, -0.2) is 75.0 Å². The molecule has 7 heteroatoms. The number of morpholine rings is 1. The van der Waals surface area contributed by atoms with Gasteiger partial charge < -0.3 is 24.6 Å². The maximum Gasteiger partial charge on any atom is 0.193 e. The molecule has 1 saturated heterocycles. The highest BCUT2D eigenvalue weighted by molar-refractivity contribution is 5.79. The minimum atomic E-state index is 0.235. The lowest BCUT2D eigenvalue weighted by Gasteiger charge is -2.36. The van der Waals surface area contributed by atoms with Crippen LogP contribution in [0.2, 0.25) is 0 Å². The predicted molar refractivity (Wildman–Crippen MR) is 113 cm³/mol. The molecule has 0 aromatic carbocycles. The lowest BCUT2D eigenvalue weighted by atomic mass is 10.2. The summed E-state index contributed by atoms with van der Waals surface area (Å²) in [5.74, 6) is 2.69. The van der Waals surface area contributed by atoms with Crippen LogP contribution in [0.15, 0.2) is 23.3 Å². The SMILES string of the molecule is CN=C(NCc1ccc(N2CC(C)OC(C)C2)nc1)N(C)CCOCC1CC1. The third-order valence-corrected chi connectivity index (χ3v) is 5.20. The number of hydrogen-bond acceptors (Lipinski definition) is 5. The molecule has 7 nitrogen and oxygen atoms in total. The molecule has 2 fully saturated rings. The fourth-order valence-corrected chi connectivity index (χ4v) is 3.48. The van der Waals surface area contributed by atoms with Crippen LogP contribution >= 0.6 is 0 Å². The number of pyridine rings is 1. The summed E-state index contributed by atoms with van der Waals surface area (Å²) in [7, 11) is 3.85. The first-order valence-corrected chi connectivity index (χ1v) is 10.4. The average Bonchev–Trinajstić information content (AvgIpc) is 3.50. The number of guanidine groups is 1. The number of ether oxygens (including phenoxy) is 2. The van der Waals surface area contributed by atoms with E-state index in [4.69, 9.17) is 9.47 Å². The van der Waals surface area contributed by atoms with Crippen molar-refractivity contribution >= 4 is 11.8 Å². The summed E-state index contributed by atoms with van der Waals surface area (Å²) in [6, 6.07) is 4.23. The summed E-state index contributed by atoms with van der Waals surface area (Å²) in [4.78, 5) is 13.4. The van der Waals surface area contributed by atoms with Crippen molar-refractivity contribution in [3.05, 3.63) is 23.9 Å². The highest BCUT2D eigenvalue weighted by Crippen LogP contribution is 2.28. The Kier molecular flexibility index (Phi) is 7.50. The Balaban J connectivity index is 1.43. The Hall–Kier alpha value is -1.86. The van der Waals surface area contributed by atoms with Gasteiger partial charge in [0.15, 0.2) is 5.96 Å². The first kappa shape index (κ1) is 20.9. The van der Waals surface area contributed by atoms with E-state index in [0.29, 0.717) is 6.54 Å². The lowest BCUT2D eigenvalue weighted by Crippen LogP contribution is -2.45. The van der Waals surface area contributed by atoms with Crippen LogP contribution in [0.25, 0.3) is 0 Å². The molecule has 156 valence electrons. The van der Waals surface area contributed by atoms with E-state index in [1.54, 1.807) is 0 Å². The van der Waals surface area contributed by atoms with E-state index in [9.17, 15) is 0 Å². The molecular weight excluding hydrogens is 354 g/mol. The molecule has 0 bridgehead atoms. The first-order chi connectivity index (χ1) is 13.5. The van der Waals surface area contributed by atoms with Gasteiger partial charge in [0.2, 0.25) is 0 Å². The number of rotatable bonds is 8. The molecule has 3 rings (SSSR count). The number of nitrogens with zero attached hydrogens (tertiary/aromatic N) is 4. The van der Waals surface area contributed by atoms with E-state index in [2.05, 4.69) is 51.1 Å². The fraction of sp³-hybridized carbons (Fsp3) is 0.714. The molecule has 1 aliphatic heterocycles. The number of aromatic nitrogens is 1. The Morgan fingerprint density at radius 2 is 2.07 bits per heavy atom. The normalized spacial score (nSPS) is 23.0. The largest absolute Gasteiger partial charge is 0.379 e. The van der Waals surface area contributed by atoms with Gasteiger partial charge in [-0.3, -0.25) is 4.99 Å². The maximum absolute atomic E-state index is 5.80. The summed E-state index contributed by atoms with van der Waals surface area (Å²) >= 11 is 0. The van der Waals surface area contributed by atoms with Crippen LogP contribution in [0.3, 0.4) is 0 Å². The number of likely N-dealkylation sites (N-methyl/N-ethyl adjacent to an activating group) is 1. The van der Waals surface area contributed by atoms with E-state index in [-0.39, 0.29) is 12.2 Å². The summed E-state index contributed by atoms with van der Waals surface area (Å²) < 4.78 is 11.5. The van der Waals surface area contributed by atoms with Crippen molar-refractivity contribution in [2.24, 2.45) is 10.9 Å². The van der Waals surface area contributed by atoms with Crippen LogP contribution in [-0.2, 0) is 16.0 Å². The summed E-state index contributed by atoms with van der Waals surface area (Å²) in [5.41, 5.74) is 1.14. The van der Waals surface area contributed by atoms with Crippen molar-refractivity contribution in [3.8, 4) is 0 Å². The van der Waals surface area contributed by atoms with Crippen LogP contribution in [0.1, 0.15) is 32.3 Å². The van der Waals surface area contributed by atoms with Gasteiger partial charge in [-0.15, -0.1) is 0 Å². The van der Waals surface area contributed by atoms with E-state index in [0.717, 1.165) is 56.1 Å². The number of aliphatic imine (C=N–C) groups is 1. The van der Waals surface area contributed by atoms with Gasteiger partial charge in [0.25, 0.3) is 0 Å². The summed E-state index contributed by atoms with van der Waals surface area (Å²) in [6.45, 7) is 9.16. The molecule has 1 aromatic rings. The quantitative estimate of drug-likeness (QED) is 0.418. The third kappa shape index (κ3) is 6.34. The second kappa shape index (κ2) is 10.1. The zero-order valence-electron chi connectivity index (χ0n) is 17.7. The molecule has 2 unspecified atom stereocenters. The van der Waals surface area contributed by atoms with Crippen molar-refractivity contribution in [2.45, 2.75) is 45.4 Å². The van der Waals surface area contributed by atoms with Gasteiger partial charge in [0, 0.05) is 53.1 Å². The monoisotopic (exact) mass is 389 g/mol. The van der Waals surface area contributed by atoms with Crippen molar-refractivity contribution in [3.63, 3.8) is 0 Å². The molecule has 1 aliphatic carbocycles. The topological polar surface area (TPSA) is 62.2 Å². The molecule has 0 spiro atoms. The highest BCUT2D eigenvalue weighted by Gasteiger charge is 2.23. The van der Waals surface area contributed by atoms with Gasteiger partial charge in [0.05, 0.1) is 18.8 Å². The molecule has 0 amide bonds. The van der Waals surface area contributed by atoms with Gasteiger partial charge in [0.1, 0.15) is 5.82 Å². The summed E-state index contributed by atoms with van der Waals surface area (Å²) in [5, 5.41) is 3.41. The minimum Gasteiger partial charge on any atom is -0.379 e. The van der Waals surface area contributed by atoms with Crippen LogP contribution in [0.4, 0.5) is 5.82 Å². The fourth-order valence-electron chi connectivity index (χ4n) is 3.48. The predicted octanol–water partition coefficient (Wildman–Crippen LogP) is 2.13. The lowest BCUT2D eigenvalue weighted by molar-refractivity contribution is -0.00545. The van der Waals surface area contributed by atoms with Crippen molar-refractivity contribution in [2.75, 3.05) is 51.8 Å². The second-order valence-electron chi connectivity index (χ2n) is 8.03. The molecule has 2 atom stereocenters. The summed E-state index contributed by atoms with van der Waals surface area (Å²) in [6.07, 6.45) is 5.07. The van der Waals surface area contributed by atoms with Crippen molar-refractivity contribution in [1.82, 2.24) is 15.2 Å². The standard InChI is InChI=1S/C21H35N5O2/c1-16-13-26(14-17(2)28-16)20-8-7-19(11-23-20)12-24-21(22-3)25(4)9-10-27-15-18-5-6-18/h7-8,11,16-18H,5-6,9-10,12-15H2,1-4H3,(H,22,24). The van der Waals surface area contributed by atoms with Crippen molar-refractivity contribution < 1.29 is 9.47 Å². The highest BCUT2D eigenvalue weighted by atomic mass is 16.5. The van der Waals surface area contributed by atoms with Gasteiger partial charge >= 0.3 is 0 Å². The van der Waals surface area contributed by atoms with Crippen LogP contribution < -0.4 is 10.2 Å². The molecule has 1 saturated carbocycles. The minimum absolute atomic E-state index is 0.235. The molecular formula is C21H35N5O2. The Bertz CT molecular complexity index is 622.